The van der Waals surface area contributed by atoms with Gasteiger partial charge in [-0.15, -0.1) is 11.3 Å². The van der Waals surface area contributed by atoms with Gasteiger partial charge in [0.15, 0.2) is 0 Å². The molecule has 196 valence electrons. The monoisotopic (exact) mass is 554 g/mol. The normalized spacial score (nSPS) is 12.3. The van der Waals surface area contributed by atoms with Gasteiger partial charge in [-0.2, -0.15) is 0 Å². The summed E-state index contributed by atoms with van der Waals surface area (Å²) in [7, 11) is 0. The second kappa shape index (κ2) is 8.09. The van der Waals surface area contributed by atoms with Gasteiger partial charge in [-0.3, -0.25) is 8.97 Å². The molecule has 5 aromatic carbocycles. The molecule has 0 aliphatic rings. The van der Waals surface area contributed by atoms with Crippen LogP contribution >= 0.6 is 11.3 Å². The van der Waals surface area contributed by atoms with Crippen LogP contribution in [0.4, 0.5) is 0 Å². The molecule has 0 N–H and O–H groups in total. The molecule has 4 nitrogen and oxygen atoms in total. The van der Waals surface area contributed by atoms with Gasteiger partial charge in [0.25, 0.3) is 0 Å². The topological polar surface area (TPSA) is 27.2 Å². The second-order valence-electron chi connectivity index (χ2n) is 10.9. The van der Waals surface area contributed by atoms with Crippen LogP contribution in [0.5, 0.6) is 0 Å². The molecule has 5 heteroatoms. The van der Waals surface area contributed by atoms with Crippen LogP contribution in [0.3, 0.4) is 0 Å². The maximum Gasteiger partial charge on any atom is 0.139 e. The average Bonchev–Trinajstić information content (AvgIpc) is 3.77. The van der Waals surface area contributed by atoms with Gasteiger partial charge in [-0.25, -0.2) is 4.98 Å². The molecule has 5 heterocycles. The first kappa shape index (κ1) is 22.3. The number of pyridine rings is 1. The molecule has 0 saturated heterocycles. The molecule has 0 atom stereocenters. The van der Waals surface area contributed by atoms with Gasteiger partial charge >= 0.3 is 0 Å². The quantitative estimate of drug-likeness (QED) is 0.209. The van der Waals surface area contributed by atoms with Gasteiger partial charge in [0, 0.05) is 43.5 Å². The van der Waals surface area contributed by atoms with Crippen LogP contribution in [0, 0.1) is 0 Å². The molecular formula is C37H22N4S. The summed E-state index contributed by atoms with van der Waals surface area (Å²) in [6.45, 7) is 0. The number of fused-ring (bicyclic) bond motifs is 11. The molecule has 42 heavy (non-hydrogen) atoms. The summed E-state index contributed by atoms with van der Waals surface area (Å²) in [5.74, 6) is 0.929. The summed E-state index contributed by atoms with van der Waals surface area (Å²) in [5, 5.41) is 6.27. The van der Waals surface area contributed by atoms with Crippen molar-refractivity contribution >= 4 is 80.9 Å². The van der Waals surface area contributed by atoms with E-state index in [9.17, 15) is 0 Å². The molecule has 0 saturated carbocycles. The van der Waals surface area contributed by atoms with Crippen LogP contribution < -0.4 is 0 Å². The number of thiophene rings is 1. The summed E-state index contributed by atoms with van der Waals surface area (Å²) in [4.78, 5) is 5.02. The fourth-order valence-electron chi connectivity index (χ4n) is 6.89. The lowest BCUT2D eigenvalue weighted by atomic mass is 10.1. The Labute approximate surface area is 243 Å². The van der Waals surface area contributed by atoms with Crippen LogP contribution in [0.1, 0.15) is 0 Å². The zero-order chi connectivity index (χ0) is 27.4. The number of rotatable bonds is 2. The lowest BCUT2D eigenvalue weighted by molar-refractivity contribution is 1.07. The van der Waals surface area contributed by atoms with Crippen LogP contribution in [0.25, 0.3) is 81.1 Å². The van der Waals surface area contributed by atoms with E-state index in [2.05, 4.69) is 141 Å². The summed E-state index contributed by atoms with van der Waals surface area (Å²) in [6.07, 6.45) is 2.05. The predicted octanol–water partition coefficient (Wildman–Crippen LogP) is 9.90. The van der Waals surface area contributed by atoms with Crippen molar-refractivity contribution in [3.05, 3.63) is 134 Å². The van der Waals surface area contributed by atoms with E-state index in [1.807, 2.05) is 6.20 Å². The lowest BCUT2D eigenvalue weighted by Crippen LogP contribution is -1.96. The van der Waals surface area contributed by atoms with E-state index in [0.29, 0.717) is 0 Å². The van der Waals surface area contributed by atoms with Crippen molar-refractivity contribution in [3.8, 4) is 11.5 Å². The first-order valence-electron chi connectivity index (χ1n) is 14.1. The molecule has 0 unspecified atom stereocenters. The fraction of sp³-hybridized carbons (Fsp3) is 0. The van der Waals surface area contributed by atoms with Gasteiger partial charge < -0.3 is 4.57 Å². The SMILES string of the molecule is c1ccc2c(c1)cc1n(-c3cc4c(cn3)sc3ccc(-n5c6ccccc6c6ccccc65)cc34)c3ccccc3n21. The fourth-order valence-corrected chi connectivity index (χ4v) is 7.92. The van der Waals surface area contributed by atoms with Gasteiger partial charge in [-0.05, 0) is 60.7 Å². The van der Waals surface area contributed by atoms with Gasteiger partial charge in [0.2, 0.25) is 0 Å². The van der Waals surface area contributed by atoms with E-state index in [0.717, 1.165) is 17.0 Å². The highest BCUT2D eigenvalue weighted by Crippen LogP contribution is 2.39. The van der Waals surface area contributed by atoms with E-state index < -0.39 is 0 Å². The molecule has 0 bridgehead atoms. The van der Waals surface area contributed by atoms with Crippen molar-refractivity contribution in [1.82, 2.24) is 18.5 Å². The standard InChI is InChI=1S/C37H22N4S/c1-4-12-29-23(9-1)19-37-40(29)32-15-7-8-16-33(32)41(37)36-21-28-27-20-24(17-18-34(27)42-35(28)22-38-36)39-30-13-5-2-10-25(30)26-11-3-6-14-31(26)39/h1-22H. The van der Waals surface area contributed by atoms with Gasteiger partial charge in [0.1, 0.15) is 11.5 Å². The first-order valence-corrected chi connectivity index (χ1v) is 15.0. The summed E-state index contributed by atoms with van der Waals surface area (Å²) >= 11 is 1.81. The van der Waals surface area contributed by atoms with E-state index in [1.165, 1.54) is 64.1 Å². The van der Waals surface area contributed by atoms with Crippen molar-refractivity contribution < 1.29 is 0 Å². The van der Waals surface area contributed by atoms with Crippen molar-refractivity contribution in [3.63, 3.8) is 0 Å². The molecule has 0 amide bonds. The summed E-state index contributed by atoms with van der Waals surface area (Å²) in [6, 6.07) is 46.0. The minimum absolute atomic E-state index is 0.929. The molecule has 10 rings (SSSR count). The molecule has 5 aromatic heterocycles. The Hall–Kier alpha value is -5.39. The van der Waals surface area contributed by atoms with E-state index in [1.54, 1.807) is 11.3 Å². The molecule has 0 aliphatic carbocycles. The Balaban J connectivity index is 1.25. The van der Waals surface area contributed by atoms with Crippen molar-refractivity contribution in [1.29, 1.82) is 0 Å². The van der Waals surface area contributed by atoms with E-state index in [-0.39, 0.29) is 0 Å². The van der Waals surface area contributed by atoms with Crippen LogP contribution in [-0.2, 0) is 0 Å². The van der Waals surface area contributed by atoms with Gasteiger partial charge in [0.05, 0.1) is 32.3 Å². The maximum atomic E-state index is 5.02. The summed E-state index contributed by atoms with van der Waals surface area (Å²) in [5.41, 5.74) is 8.28. The predicted molar refractivity (Wildman–Crippen MR) is 177 cm³/mol. The highest BCUT2D eigenvalue weighted by Gasteiger charge is 2.18. The third kappa shape index (κ3) is 2.88. The summed E-state index contributed by atoms with van der Waals surface area (Å²) < 4.78 is 9.51. The molecule has 0 radical (unpaired) electrons. The number of aromatic nitrogens is 4. The van der Waals surface area contributed by atoms with Crippen LogP contribution in [0.15, 0.2) is 134 Å². The minimum atomic E-state index is 0.929. The Bertz CT molecular complexity index is 2650. The number of para-hydroxylation sites is 5. The zero-order valence-electron chi connectivity index (χ0n) is 22.4. The second-order valence-corrected chi connectivity index (χ2v) is 12.0. The number of hydrogen-bond acceptors (Lipinski definition) is 2. The van der Waals surface area contributed by atoms with E-state index in [4.69, 9.17) is 4.98 Å². The molecule has 0 aliphatic heterocycles. The van der Waals surface area contributed by atoms with Crippen molar-refractivity contribution in [2.45, 2.75) is 0 Å². The number of imidazole rings is 1. The number of hydrogen-bond donors (Lipinski definition) is 0. The zero-order valence-corrected chi connectivity index (χ0v) is 23.2. The van der Waals surface area contributed by atoms with E-state index >= 15 is 0 Å². The lowest BCUT2D eigenvalue weighted by Gasteiger charge is -2.08. The molecular weight excluding hydrogens is 533 g/mol. The van der Waals surface area contributed by atoms with Gasteiger partial charge in [-0.1, -0.05) is 66.7 Å². The Morgan fingerprint density at radius 2 is 1.12 bits per heavy atom. The van der Waals surface area contributed by atoms with Crippen molar-refractivity contribution in [2.24, 2.45) is 0 Å². The number of nitrogens with zero attached hydrogens (tertiary/aromatic N) is 4. The third-order valence-electron chi connectivity index (χ3n) is 8.68. The number of benzene rings is 5. The van der Waals surface area contributed by atoms with Crippen molar-refractivity contribution in [2.75, 3.05) is 0 Å². The molecule has 10 aromatic rings. The Kier molecular flexibility index (Phi) is 4.30. The average molecular weight is 555 g/mol. The third-order valence-corrected chi connectivity index (χ3v) is 9.80. The van der Waals surface area contributed by atoms with Crippen LogP contribution in [0.2, 0.25) is 0 Å². The minimum Gasteiger partial charge on any atom is -0.309 e. The highest BCUT2D eigenvalue weighted by molar-refractivity contribution is 7.25. The Morgan fingerprint density at radius 1 is 0.476 bits per heavy atom. The first-order chi connectivity index (χ1) is 20.8. The molecule has 0 spiro atoms. The molecule has 0 fully saturated rings. The smallest absolute Gasteiger partial charge is 0.139 e. The van der Waals surface area contributed by atoms with Crippen LogP contribution in [-0.4, -0.2) is 18.5 Å². The largest absolute Gasteiger partial charge is 0.309 e. The Morgan fingerprint density at radius 3 is 1.90 bits per heavy atom. The highest BCUT2D eigenvalue weighted by atomic mass is 32.1. The maximum absolute atomic E-state index is 5.02.